The second kappa shape index (κ2) is 6.52. The Morgan fingerprint density at radius 3 is 2.52 bits per heavy atom. The van der Waals surface area contributed by atoms with Gasteiger partial charge in [0.1, 0.15) is 0 Å². The lowest BCUT2D eigenvalue weighted by Crippen LogP contribution is -2.13. The zero-order valence-electron chi connectivity index (χ0n) is 13.0. The van der Waals surface area contributed by atoms with Gasteiger partial charge in [0.2, 0.25) is 0 Å². The Hall–Kier alpha value is -2.17. The van der Waals surface area contributed by atoms with Crippen molar-refractivity contribution in [2.24, 2.45) is 0 Å². The summed E-state index contributed by atoms with van der Waals surface area (Å²) in [5.41, 5.74) is 3.48. The van der Waals surface area contributed by atoms with Crippen LogP contribution in [0.5, 0.6) is 0 Å². The zero-order chi connectivity index (χ0) is 15.4. The third-order valence-electron chi connectivity index (χ3n) is 3.24. The van der Waals surface area contributed by atoms with E-state index in [0.717, 1.165) is 11.3 Å². The smallest absolute Gasteiger partial charge is 0.360 e. The number of carbonyl (C=O) groups excluding carboxylic acids is 1. The van der Waals surface area contributed by atoms with Gasteiger partial charge in [-0.3, -0.25) is 0 Å². The highest BCUT2D eigenvalue weighted by molar-refractivity contribution is 5.88. The molecule has 21 heavy (non-hydrogen) atoms. The van der Waals surface area contributed by atoms with Crippen molar-refractivity contribution in [3.05, 3.63) is 46.8 Å². The molecule has 1 aromatic carbocycles. The van der Waals surface area contributed by atoms with Crippen LogP contribution in [0.25, 0.3) is 0 Å². The van der Waals surface area contributed by atoms with Crippen LogP contribution in [-0.4, -0.2) is 27.6 Å². The minimum atomic E-state index is -0.406. The molecule has 1 heterocycles. The van der Waals surface area contributed by atoms with Crippen LogP contribution in [0.15, 0.2) is 24.3 Å². The molecule has 0 unspecified atom stereocenters. The molecule has 112 valence electrons. The summed E-state index contributed by atoms with van der Waals surface area (Å²) in [6, 6.07) is 8.25. The van der Waals surface area contributed by atoms with E-state index in [1.807, 2.05) is 13.8 Å². The number of rotatable bonds is 5. The number of esters is 1. The van der Waals surface area contributed by atoms with E-state index < -0.39 is 5.97 Å². The van der Waals surface area contributed by atoms with Crippen molar-refractivity contribution in [3.63, 3.8) is 0 Å². The third-order valence-corrected chi connectivity index (χ3v) is 3.24. The van der Waals surface area contributed by atoms with E-state index >= 15 is 0 Å². The number of nitrogens with zero attached hydrogens (tertiary/aromatic N) is 3. The van der Waals surface area contributed by atoms with Crippen molar-refractivity contribution in [2.75, 3.05) is 6.61 Å². The van der Waals surface area contributed by atoms with Gasteiger partial charge in [0.15, 0.2) is 5.69 Å². The summed E-state index contributed by atoms with van der Waals surface area (Å²) in [7, 11) is 0. The van der Waals surface area contributed by atoms with Crippen molar-refractivity contribution < 1.29 is 9.53 Å². The molecule has 2 aromatic rings. The molecule has 0 saturated carbocycles. The fraction of sp³-hybridized carbons (Fsp3) is 0.438. The quantitative estimate of drug-likeness (QED) is 0.793. The first-order chi connectivity index (χ1) is 10.0. The van der Waals surface area contributed by atoms with Gasteiger partial charge in [0, 0.05) is 0 Å². The predicted molar refractivity (Wildman–Crippen MR) is 80.3 cm³/mol. The molecule has 0 radical (unpaired) electrons. The molecule has 0 aliphatic carbocycles. The fourth-order valence-electron chi connectivity index (χ4n) is 2.22. The first-order valence-electron chi connectivity index (χ1n) is 7.19. The average molecular weight is 287 g/mol. The van der Waals surface area contributed by atoms with E-state index in [-0.39, 0.29) is 5.92 Å². The Bertz CT molecular complexity index is 615. The van der Waals surface area contributed by atoms with E-state index in [0.29, 0.717) is 18.8 Å². The molecule has 0 atom stereocenters. The summed E-state index contributed by atoms with van der Waals surface area (Å²) < 4.78 is 6.82. The molecule has 0 bridgehead atoms. The first kappa shape index (κ1) is 15.2. The topological polar surface area (TPSA) is 57.0 Å². The summed E-state index contributed by atoms with van der Waals surface area (Å²) >= 11 is 0. The molecule has 2 rings (SSSR count). The predicted octanol–water partition coefficient (Wildman–Crippen LogP) is 2.93. The van der Waals surface area contributed by atoms with Crippen LogP contribution in [0.4, 0.5) is 0 Å². The number of hydrogen-bond donors (Lipinski definition) is 0. The van der Waals surface area contributed by atoms with Crippen LogP contribution in [0.1, 0.15) is 54.0 Å². The standard InChI is InChI=1S/C16H21N3O2/c1-5-21-16(20)14-15(11(2)3)19(18-17-14)10-13-8-6-12(4)7-9-13/h6-9,11H,5,10H2,1-4H3. The van der Waals surface area contributed by atoms with Crippen LogP contribution in [0, 0.1) is 6.92 Å². The number of hydrogen-bond acceptors (Lipinski definition) is 4. The largest absolute Gasteiger partial charge is 0.461 e. The van der Waals surface area contributed by atoms with Gasteiger partial charge in [-0.2, -0.15) is 0 Å². The van der Waals surface area contributed by atoms with Crippen LogP contribution in [0.2, 0.25) is 0 Å². The molecular formula is C16H21N3O2. The van der Waals surface area contributed by atoms with Gasteiger partial charge in [0.25, 0.3) is 0 Å². The summed E-state index contributed by atoms with van der Waals surface area (Å²) in [5.74, 6) is -0.263. The number of benzene rings is 1. The molecule has 0 spiro atoms. The van der Waals surface area contributed by atoms with Gasteiger partial charge >= 0.3 is 5.97 Å². The number of aromatic nitrogens is 3. The van der Waals surface area contributed by atoms with Gasteiger partial charge in [-0.25, -0.2) is 9.48 Å². The Morgan fingerprint density at radius 2 is 1.95 bits per heavy atom. The monoisotopic (exact) mass is 287 g/mol. The lowest BCUT2D eigenvalue weighted by Gasteiger charge is -2.11. The van der Waals surface area contributed by atoms with E-state index in [4.69, 9.17) is 4.74 Å². The van der Waals surface area contributed by atoms with Crippen molar-refractivity contribution in [3.8, 4) is 0 Å². The average Bonchev–Trinajstić information content (AvgIpc) is 2.85. The fourth-order valence-corrected chi connectivity index (χ4v) is 2.22. The highest BCUT2D eigenvalue weighted by Crippen LogP contribution is 2.19. The van der Waals surface area contributed by atoms with E-state index in [1.165, 1.54) is 5.56 Å². The molecule has 1 aromatic heterocycles. The molecule has 0 aliphatic heterocycles. The van der Waals surface area contributed by atoms with Gasteiger partial charge in [-0.05, 0) is 25.3 Å². The highest BCUT2D eigenvalue weighted by atomic mass is 16.5. The molecule has 5 nitrogen and oxygen atoms in total. The van der Waals surface area contributed by atoms with Crippen molar-refractivity contribution in [1.29, 1.82) is 0 Å². The maximum Gasteiger partial charge on any atom is 0.360 e. The lowest BCUT2D eigenvalue weighted by molar-refractivity contribution is 0.0517. The molecule has 0 saturated heterocycles. The van der Waals surface area contributed by atoms with E-state index in [9.17, 15) is 4.79 Å². The molecule has 5 heteroatoms. The van der Waals surface area contributed by atoms with Crippen LogP contribution < -0.4 is 0 Å². The number of ether oxygens (including phenoxy) is 1. The summed E-state index contributed by atoms with van der Waals surface area (Å²) in [6.07, 6.45) is 0. The van der Waals surface area contributed by atoms with E-state index in [1.54, 1.807) is 11.6 Å². The minimum absolute atomic E-state index is 0.143. The normalized spacial score (nSPS) is 10.9. The van der Waals surface area contributed by atoms with Gasteiger partial charge in [-0.15, -0.1) is 5.10 Å². The van der Waals surface area contributed by atoms with Gasteiger partial charge in [0.05, 0.1) is 18.8 Å². The third kappa shape index (κ3) is 3.48. The zero-order valence-corrected chi connectivity index (χ0v) is 13.0. The maximum absolute atomic E-state index is 11.9. The Morgan fingerprint density at radius 1 is 1.29 bits per heavy atom. The summed E-state index contributed by atoms with van der Waals surface area (Å²) in [5, 5.41) is 8.13. The van der Waals surface area contributed by atoms with Crippen LogP contribution in [-0.2, 0) is 11.3 Å². The molecule has 0 aliphatic rings. The summed E-state index contributed by atoms with van der Waals surface area (Å²) in [4.78, 5) is 11.9. The first-order valence-corrected chi connectivity index (χ1v) is 7.19. The SMILES string of the molecule is CCOC(=O)c1nnn(Cc2ccc(C)cc2)c1C(C)C. The van der Waals surface area contributed by atoms with Crippen LogP contribution in [0.3, 0.4) is 0 Å². The molecular weight excluding hydrogens is 266 g/mol. The van der Waals surface area contributed by atoms with Crippen molar-refractivity contribution >= 4 is 5.97 Å². The van der Waals surface area contributed by atoms with Crippen LogP contribution >= 0.6 is 0 Å². The summed E-state index contributed by atoms with van der Waals surface area (Å²) in [6.45, 7) is 8.81. The Labute approximate surface area is 124 Å². The van der Waals surface area contributed by atoms with Crippen molar-refractivity contribution in [1.82, 2.24) is 15.0 Å². The molecule has 0 amide bonds. The number of aryl methyl sites for hydroxylation is 1. The molecule has 0 fully saturated rings. The minimum Gasteiger partial charge on any atom is -0.461 e. The van der Waals surface area contributed by atoms with Gasteiger partial charge < -0.3 is 4.74 Å². The second-order valence-corrected chi connectivity index (χ2v) is 5.34. The van der Waals surface area contributed by atoms with Gasteiger partial charge in [-0.1, -0.05) is 48.9 Å². The van der Waals surface area contributed by atoms with Crippen molar-refractivity contribution in [2.45, 2.75) is 40.2 Å². The Balaban J connectivity index is 2.31. The van der Waals surface area contributed by atoms with E-state index in [2.05, 4.69) is 41.5 Å². The lowest BCUT2D eigenvalue weighted by atomic mass is 10.1. The maximum atomic E-state index is 11.9. The number of carbonyl (C=O) groups is 1. The second-order valence-electron chi connectivity index (χ2n) is 5.34. The molecule has 0 N–H and O–H groups in total. The highest BCUT2D eigenvalue weighted by Gasteiger charge is 2.23. The Kier molecular flexibility index (Phi) is 4.73.